The van der Waals surface area contributed by atoms with Crippen LogP contribution in [0.5, 0.6) is 5.88 Å². The summed E-state index contributed by atoms with van der Waals surface area (Å²) in [5.41, 5.74) is 0. The molecule has 1 unspecified atom stereocenters. The molecule has 1 aromatic heterocycles. The summed E-state index contributed by atoms with van der Waals surface area (Å²) in [7, 11) is 1.58. The Morgan fingerprint density at radius 3 is 2.94 bits per heavy atom. The number of aromatic nitrogens is 2. The summed E-state index contributed by atoms with van der Waals surface area (Å²) in [4.78, 5) is 8.02. The molecular weight excluding hydrogens is 206 g/mol. The Bertz CT molecular complexity index is 307. The van der Waals surface area contributed by atoms with Crippen molar-refractivity contribution in [3.05, 3.63) is 12.4 Å². The maximum Gasteiger partial charge on any atom is 0.218 e. The number of hydrogen-bond acceptors (Lipinski definition) is 5. The average molecular weight is 225 g/mol. The van der Waals surface area contributed by atoms with Crippen LogP contribution in [0.15, 0.2) is 12.4 Å². The van der Waals surface area contributed by atoms with Crippen molar-refractivity contribution in [1.82, 2.24) is 9.97 Å². The van der Waals surface area contributed by atoms with Crippen molar-refractivity contribution < 1.29 is 9.84 Å². The van der Waals surface area contributed by atoms with Gasteiger partial charge in [0.2, 0.25) is 5.88 Å². The normalized spacial score (nSPS) is 12.2. The van der Waals surface area contributed by atoms with Crippen LogP contribution in [-0.4, -0.2) is 35.3 Å². The first-order valence-electron chi connectivity index (χ1n) is 5.50. The van der Waals surface area contributed by atoms with Crippen molar-refractivity contribution in [3.8, 4) is 5.88 Å². The number of anilines is 1. The molecule has 1 atom stereocenters. The van der Waals surface area contributed by atoms with Crippen molar-refractivity contribution >= 4 is 5.82 Å². The monoisotopic (exact) mass is 225 g/mol. The Hall–Kier alpha value is -1.36. The third kappa shape index (κ3) is 4.02. The van der Waals surface area contributed by atoms with E-state index in [4.69, 9.17) is 9.84 Å². The SMILES string of the molecule is CCC(CCO)CNc1cc(OC)ncn1. The van der Waals surface area contributed by atoms with E-state index >= 15 is 0 Å². The number of methoxy groups -OCH3 is 1. The Morgan fingerprint density at radius 1 is 1.50 bits per heavy atom. The Kier molecular flexibility index (Phi) is 5.56. The largest absolute Gasteiger partial charge is 0.481 e. The Labute approximate surface area is 95.9 Å². The molecule has 1 rings (SSSR count). The van der Waals surface area contributed by atoms with Gasteiger partial charge in [-0.1, -0.05) is 13.3 Å². The molecular formula is C11H19N3O2. The molecule has 1 aromatic rings. The highest BCUT2D eigenvalue weighted by Gasteiger charge is 2.06. The summed E-state index contributed by atoms with van der Waals surface area (Å²) in [6, 6.07) is 1.76. The fourth-order valence-electron chi connectivity index (χ4n) is 1.43. The topological polar surface area (TPSA) is 67.3 Å². The van der Waals surface area contributed by atoms with E-state index in [1.165, 1.54) is 6.33 Å². The molecule has 1 heterocycles. The minimum Gasteiger partial charge on any atom is -0.481 e. The number of ether oxygens (including phenoxy) is 1. The van der Waals surface area contributed by atoms with Crippen molar-refractivity contribution in [1.29, 1.82) is 0 Å². The Balaban J connectivity index is 2.46. The van der Waals surface area contributed by atoms with Gasteiger partial charge >= 0.3 is 0 Å². The molecule has 16 heavy (non-hydrogen) atoms. The second kappa shape index (κ2) is 7.00. The second-order valence-corrected chi connectivity index (χ2v) is 3.61. The van der Waals surface area contributed by atoms with Gasteiger partial charge in [0.1, 0.15) is 12.1 Å². The zero-order valence-corrected chi connectivity index (χ0v) is 9.81. The van der Waals surface area contributed by atoms with Crippen LogP contribution >= 0.6 is 0 Å². The van der Waals surface area contributed by atoms with E-state index in [0.717, 1.165) is 25.2 Å². The van der Waals surface area contributed by atoms with Crippen LogP contribution in [0.1, 0.15) is 19.8 Å². The molecule has 2 N–H and O–H groups in total. The summed E-state index contributed by atoms with van der Waals surface area (Å²) in [6.45, 7) is 3.15. The molecule has 5 nitrogen and oxygen atoms in total. The summed E-state index contributed by atoms with van der Waals surface area (Å²) in [5, 5.41) is 12.1. The van der Waals surface area contributed by atoms with Crippen LogP contribution in [0.25, 0.3) is 0 Å². The molecule has 0 radical (unpaired) electrons. The number of rotatable bonds is 7. The number of nitrogens with one attached hydrogen (secondary N) is 1. The molecule has 90 valence electrons. The number of nitrogens with zero attached hydrogens (tertiary/aromatic N) is 2. The maximum atomic E-state index is 8.87. The van der Waals surface area contributed by atoms with E-state index in [-0.39, 0.29) is 6.61 Å². The third-order valence-corrected chi connectivity index (χ3v) is 2.54. The smallest absolute Gasteiger partial charge is 0.218 e. The van der Waals surface area contributed by atoms with Crippen molar-refractivity contribution in [2.45, 2.75) is 19.8 Å². The molecule has 0 fully saturated rings. The fourth-order valence-corrected chi connectivity index (χ4v) is 1.43. The molecule has 0 amide bonds. The second-order valence-electron chi connectivity index (χ2n) is 3.61. The van der Waals surface area contributed by atoms with Gasteiger partial charge in [-0.15, -0.1) is 0 Å². The molecule has 0 spiro atoms. The van der Waals surface area contributed by atoms with Gasteiger partial charge in [0, 0.05) is 19.2 Å². The molecule has 0 saturated heterocycles. The van der Waals surface area contributed by atoms with Crippen molar-refractivity contribution in [2.24, 2.45) is 5.92 Å². The Morgan fingerprint density at radius 2 is 2.31 bits per heavy atom. The van der Waals surface area contributed by atoms with Gasteiger partial charge in [-0.25, -0.2) is 9.97 Å². The van der Waals surface area contributed by atoms with Crippen molar-refractivity contribution in [3.63, 3.8) is 0 Å². The summed E-state index contributed by atoms with van der Waals surface area (Å²) < 4.78 is 5.00. The molecule has 5 heteroatoms. The third-order valence-electron chi connectivity index (χ3n) is 2.54. The standard InChI is InChI=1S/C11H19N3O2/c1-3-9(4-5-15)7-12-10-6-11(16-2)14-8-13-10/h6,8-9,15H,3-5,7H2,1-2H3,(H,12,13,14). The fraction of sp³-hybridized carbons (Fsp3) is 0.636. The lowest BCUT2D eigenvalue weighted by Gasteiger charge is -2.14. The molecule has 0 bridgehead atoms. The highest BCUT2D eigenvalue weighted by atomic mass is 16.5. The van der Waals surface area contributed by atoms with Gasteiger partial charge in [0.25, 0.3) is 0 Å². The lowest BCUT2D eigenvalue weighted by atomic mass is 10.0. The quantitative estimate of drug-likeness (QED) is 0.732. The summed E-state index contributed by atoms with van der Waals surface area (Å²) in [5.74, 6) is 1.77. The van der Waals surface area contributed by atoms with E-state index in [0.29, 0.717) is 11.8 Å². The van der Waals surface area contributed by atoms with Crippen LogP contribution in [0.2, 0.25) is 0 Å². The average Bonchev–Trinajstić information content (AvgIpc) is 2.34. The highest BCUT2D eigenvalue weighted by molar-refractivity contribution is 5.36. The van der Waals surface area contributed by atoms with Gasteiger partial charge < -0.3 is 15.2 Å². The first-order chi connectivity index (χ1) is 7.80. The van der Waals surface area contributed by atoms with Crippen LogP contribution < -0.4 is 10.1 Å². The van der Waals surface area contributed by atoms with Crippen molar-refractivity contribution in [2.75, 3.05) is 25.6 Å². The van der Waals surface area contributed by atoms with E-state index < -0.39 is 0 Å². The van der Waals surface area contributed by atoms with E-state index in [2.05, 4.69) is 22.2 Å². The highest BCUT2D eigenvalue weighted by Crippen LogP contribution is 2.13. The predicted octanol–water partition coefficient (Wildman–Crippen LogP) is 1.31. The van der Waals surface area contributed by atoms with Gasteiger partial charge in [-0.2, -0.15) is 0 Å². The summed E-state index contributed by atoms with van der Waals surface area (Å²) >= 11 is 0. The van der Waals surface area contributed by atoms with Crippen LogP contribution in [0.4, 0.5) is 5.82 Å². The molecule has 0 aliphatic heterocycles. The molecule has 0 aromatic carbocycles. The number of aliphatic hydroxyl groups is 1. The first-order valence-corrected chi connectivity index (χ1v) is 5.50. The molecule has 0 saturated carbocycles. The van der Waals surface area contributed by atoms with Crippen LogP contribution in [-0.2, 0) is 0 Å². The van der Waals surface area contributed by atoms with Gasteiger partial charge in [-0.3, -0.25) is 0 Å². The van der Waals surface area contributed by atoms with Gasteiger partial charge in [-0.05, 0) is 12.3 Å². The zero-order chi connectivity index (χ0) is 11.8. The number of hydrogen-bond donors (Lipinski definition) is 2. The minimum absolute atomic E-state index is 0.229. The van der Waals surface area contributed by atoms with E-state index in [9.17, 15) is 0 Å². The lowest BCUT2D eigenvalue weighted by molar-refractivity contribution is 0.258. The number of aliphatic hydroxyl groups excluding tert-OH is 1. The van der Waals surface area contributed by atoms with Gasteiger partial charge in [0.15, 0.2) is 0 Å². The predicted molar refractivity (Wildman–Crippen MR) is 62.6 cm³/mol. The molecule has 0 aliphatic carbocycles. The van der Waals surface area contributed by atoms with E-state index in [1.54, 1.807) is 13.2 Å². The summed E-state index contributed by atoms with van der Waals surface area (Å²) in [6.07, 6.45) is 3.32. The first kappa shape index (κ1) is 12.7. The minimum atomic E-state index is 0.229. The van der Waals surface area contributed by atoms with Crippen LogP contribution in [0, 0.1) is 5.92 Å². The zero-order valence-electron chi connectivity index (χ0n) is 9.81. The molecule has 0 aliphatic rings. The van der Waals surface area contributed by atoms with Gasteiger partial charge in [0.05, 0.1) is 7.11 Å². The van der Waals surface area contributed by atoms with Crippen LogP contribution in [0.3, 0.4) is 0 Å². The lowest BCUT2D eigenvalue weighted by Crippen LogP contribution is -2.15. The van der Waals surface area contributed by atoms with E-state index in [1.807, 2.05) is 0 Å². The maximum absolute atomic E-state index is 8.87.